The highest BCUT2D eigenvalue weighted by atomic mass is 32.1. The van der Waals surface area contributed by atoms with Gasteiger partial charge < -0.3 is 0 Å². The van der Waals surface area contributed by atoms with Crippen molar-refractivity contribution in [1.82, 2.24) is 0 Å². The number of hydrogen-bond acceptors (Lipinski definition) is 1. The summed E-state index contributed by atoms with van der Waals surface area (Å²) in [4.78, 5) is 0. The van der Waals surface area contributed by atoms with Crippen molar-refractivity contribution in [3.8, 4) is 0 Å². The van der Waals surface area contributed by atoms with E-state index >= 15 is 0 Å². The van der Waals surface area contributed by atoms with Crippen molar-refractivity contribution in [3.63, 3.8) is 0 Å². The summed E-state index contributed by atoms with van der Waals surface area (Å²) >= 11 is 1.83. The first-order chi connectivity index (χ1) is 9.33. The van der Waals surface area contributed by atoms with Crippen LogP contribution in [0.5, 0.6) is 0 Å². The van der Waals surface area contributed by atoms with Crippen molar-refractivity contribution < 1.29 is 0 Å². The van der Waals surface area contributed by atoms with Crippen molar-refractivity contribution in [3.05, 3.63) is 33.5 Å². The second-order valence-electron chi connectivity index (χ2n) is 9.30. The molecule has 0 nitrogen and oxygen atoms in total. The summed E-state index contributed by atoms with van der Waals surface area (Å²) in [5.41, 5.74) is 5.02. The predicted octanol–water partition coefficient (Wildman–Crippen LogP) is 6.79. The van der Waals surface area contributed by atoms with Gasteiger partial charge in [0.05, 0.1) is 0 Å². The van der Waals surface area contributed by atoms with Gasteiger partial charge in [-0.3, -0.25) is 0 Å². The topological polar surface area (TPSA) is 0 Å². The van der Waals surface area contributed by atoms with Crippen LogP contribution >= 0.6 is 11.3 Å². The highest BCUT2D eigenvalue weighted by Crippen LogP contribution is 2.44. The maximum Gasteiger partial charge on any atom is -0.00113 e. The van der Waals surface area contributed by atoms with E-state index in [1.807, 2.05) is 11.3 Å². The fourth-order valence-corrected chi connectivity index (χ4v) is 4.00. The average Bonchev–Trinajstić information content (AvgIpc) is 2.70. The number of fused-ring (bicyclic) bond motifs is 1. The van der Waals surface area contributed by atoms with Gasteiger partial charge in [0.25, 0.3) is 0 Å². The summed E-state index contributed by atoms with van der Waals surface area (Å²) in [6, 6.07) is 2.48. The van der Waals surface area contributed by atoms with Crippen molar-refractivity contribution in [2.75, 3.05) is 0 Å². The molecule has 0 saturated heterocycles. The van der Waals surface area contributed by atoms with Crippen LogP contribution in [-0.4, -0.2) is 0 Å². The summed E-state index contributed by atoms with van der Waals surface area (Å²) in [6.45, 7) is 21.0. The summed E-state index contributed by atoms with van der Waals surface area (Å²) in [6.07, 6.45) is 0. The lowest BCUT2D eigenvalue weighted by Gasteiger charge is -2.34. The summed E-state index contributed by atoms with van der Waals surface area (Å²) in [5, 5.41) is 7.59. The van der Waals surface area contributed by atoms with Crippen LogP contribution in [0.3, 0.4) is 0 Å². The Labute approximate surface area is 134 Å². The maximum absolute atomic E-state index is 2.48. The van der Waals surface area contributed by atoms with Gasteiger partial charge in [-0.15, -0.1) is 0 Å². The molecule has 0 amide bonds. The molecule has 0 N–H and O–H groups in total. The molecule has 0 aliphatic rings. The van der Waals surface area contributed by atoms with Crippen molar-refractivity contribution in [1.29, 1.82) is 0 Å². The predicted molar refractivity (Wildman–Crippen MR) is 97.9 cm³/mol. The molecule has 1 heteroatoms. The van der Waals surface area contributed by atoms with Gasteiger partial charge in [0.2, 0.25) is 0 Å². The average molecular weight is 303 g/mol. The molecule has 21 heavy (non-hydrogen) atoms. The van der Waals surface area contributed by atoms with Crippen molar-refractivity contribution >= 4 is 22.1 Å². The zero-order valence-electron chi connectivity index (χ0n) is 15.1. The molecule has 116 valence electrons. The summed E-state index contributed by atoms with van der Waals surface area (Å²) in [7, 11) is 0. The van der Waals surface area contributed by atoms with E-state index in [4.69, 9.17) is 0 Å². The van der Waals surface area contributed by atoms with Gasteiger partial charge in [-0.05, 0) is 54.5 Å². The Bertz CT molecular complexity index is 652. The van der Waals surface area contributed by atoms with E-state index < -0.39 is 0 Å². The molecule has 0 saturated carbocycles. The normalized spacial score (nSPS) is 14.0. The first-order valence-electron chi connectivity index (χ1n) is 7.88. The third-order valence-electron chi connectivity index (χ3n) is 4.15. The molecular weight excluding hydrogens is 272 g/mol. The van der Waals surface area contributed by atoms with Crippen LogP contribution in [0, 0.1) is 0 Å². The van der Waals surface area contributed by atoms with Gasteiger partial charge in [-0.25, -0.2) is 0 Å². The van der Waals surface area contributed by atoms with Gasteiger partial charge in [-0.1, -0.05) is 68.4 Å². The van der Waals surface area contributed by atoms with Gasteiger partial charge in [-0.2, -0.15) is 11.3 Å². The number of hydrogen-bond donors (Lipinski definition) is 0. The Morgan fingerprint density at radius 3 is 1.52 bits per heavy atom. The second-order valence-corrected chi connectivity index (χ2v) is 10.0. The van der Waals surface area contributed by atoms with Crippen LogP contribution < -0.4 is 0 Å². The largest absolute Gasteiger partial charge is 0.151 e. The quantitative estimate of drug-likeness (QED) is 0.502. The smallest absolute Gasteiger partial charge is 0.00113 e. The Morgan fingerprint density at radius 2 is 1.10 bits per heavy atom. The van der Waals surface area contributed by atoms with Crippen LogP contribution in [0.15, 0.2) is 16.8 Å². The molecule has 0 spiro atoms. The molecule has 0 atom stereocenters. The number of rotatable bonds is 0. The zero-order chi connectivity index (χ0) is 16.2. The Morgan fingerprint density at radius 1 is 0.619 bits per heavy atom. The molecule has 0 unspecified atom stereocenters. The first kappa shape index (κ1) is 16.5. The molecule has 0 bridgehead atoms. The number of thiophene rings is 1. The fourth-order valence-electron chi connectivity index (χ4n) is 3.16. The van der Waals surface area contributed by atoms with Crippen LogP contribution in [0.4, 0.5) is 0 Å². The van der Waals surface area contributed by atoms with E-state index in [2.05, 4.69) is 79.1 Å². The first-order valence-corrected chi connectivity index (χ1v) is 8.82. The molecule has 0 aliphatic heterocycles. The molecule has 0 fully saturated rings. The fraction of sp³-hybridized carbons (Fsp3) is 0.600. The standard InChI is InChI=1S/C20H30S/c1-18(2,3)15-10-16(19(4,5)6)17(20(7,8)9)14-12-21-11-13(14)15/h10-12H,1-9H3. The Kier molecular flexibility index (Phi) is 3.82. The van der Waals surface area contributed by atoms with Gasteiger partial charge >= 0.3 is 0 Å². The molecule has 2 aromatic rings. The molecule has 2 rings (SSSR count). The van der Waals surface area contributed by atoms with Crippen molar-refractivity contribution in [2.45, 2.75) is 78.6 Å². The SMILES string of the molecule is CC(C)(C)c1cc(C(C)(C)C)c2cscc2c1C(C)(C)C. The Balaban J connectivity index is 2.99. The summed E-state index contributed by atoms with van der Waals surface area (Å²) in [5.74, 6) is 0. The highest BCUT2D eigenvalue weighted by molar-refractivity contribution is 7.09. The van der Waals surface area contributed by atoms with E-state index in [0.29, 0.717) is 0 Å². The third kappa shape index (κ3) is 3.04. The highest BCUT2D eigenvalue weighted by Gasteiger charge is 2.30. The van der Waals surface area contributed by atoms with E-state index in [-0.39, 0.29) is 16.2 Å². The second kappa shape index (κ2) is 4.84. The van der Waals surface area contributed by atoms with E-state index in [0.717, 1.165) is 0 Å². The van der Waals surface area contributed by atoms with Gasteiger partial charge in [0, 0.05) is 0 Å². The molecular formula is C20H30S. The monoisotopic (exact) mass is 302 g/mol. The van der Waals surface area contributed by atoms with Crippen LogP contribution in [0.25, 0.3) is 10.8 Å². The zero-order valence-corrected chi connectivity index (χ0v) is 16.0. The minimum atomic E-state index is 0.165. The molecule has 1 aromatic carbocycles. The van der Waals surface area contributed by atoms with Crippen molar-refractivity contribution in [2.24, 2.45) is 0 Å². The lowest BCUT2D eigenvalue weighted by Crippen LogP contribution is -2.24. The lowest BCUT2D eigenvalue weighted by molar-refractivity contribution is 0.529. The van der Waals surface area contributed by atoms with Gasteiger partial charge in [0.1, 0.15) is 0 Å². The minimum absolute atomic E-state index is 0.165. The summed E-state index contributed by atoms with van der Waals surface area (Å²) < 4.78 is 0. The van der Waals surface area contributed by atoms with E-state index in [1.165, 1.54) is 27.5 Å². The molecule has 0 radical (unpaired) electrons. The molecule has 1 aromatic heterocycles. The van der Waals surface area contributed by atoms with E-state index in [9.17, 15) is 0 Å². The lowest BCUT2D eigenvalue weighted by atomic mass is 9.70. The van der Waals surface area contributed by atoms with Gasteiger partial charge in [0.15, 0.2) is 0 Å². The molecule has 0 aliphatic carbocycles. The molecule has 1 heterocycles. The maximum atomic E-state index is 2.48. The minimum Gasteiger partial charge on any atom is -0.151 e. The third-order valence-corrected chi connectivity index (χ3v) is 4.89. The van der Waals surface area contributed by atoms with Crippen LogP contribution in [-0.2, 0) is 16.2 Å². The Hall–Kier alpha value is -0.820. The van der Waals surface area contributed by atoms with E-state index in [1.54, 1.807) is 0 Å². The van der Waals surface area contributed by atoms with Crippen LogP contribution in [0.1, 0.15) is 79.0 Å². The number of benzene rings is 1. The van der Waals surface area contributed by atoms with Crippen LogP contribution in [0.2, 0.25) is 0 Å².